The Morgan fingerprint density at radius 2 is 0.893 bits per heavy atom. The van der Waals surface area contributed by atoms with Gasteiger partial charge in [0.15, 0.2) is 17.5 Å². The van der Waals surface area contributed by atoms with Crippen LogP contribution in [0, 0.1) is 0 Å². The number of benzene rings is 8. The van der Waals surface area contributed by atoms with Crippen LogP contribution < -0.4 is 0 Å². The van der Waals surface area contributed by atoms with Gasteiger partial charge in [0.05, 0.1) is 0 Å². The lowest BCUT2D eigenvalue weighted by Gasteiger charge is -2.10. The lowest BCUT2D eigenvalue weighted by atomic mass is 9.99. The van der Waals surface area contributed by atoms with E-state index in [4.69, 9.17) is 19.4 Å². The third-order valence-corrected chi connectivity index (χ3v) is 11.8. The quantitative estimate of drug-likeness (QED) is 0.171. The first kappa shape index (κ1) is 32.2. The second kappa shape index (κ2) is 13.3. The Hall–Kier alpha value is -7.21. The van der Waals surface area contributed by atoms with Gasteiger partial charge in [0.25, 0.3) is 0 Å². The SMILES string of the molecule is c1ccc(-c2ccc(-c3nc(-c4ccccc4)nc(-c4cccc5oc6ccc(-c7ccc8c(c7)sc7c(-c9ccccc9)cccc78)cc6c45)n3)cc2)cc1. The van der Waals surface area contributed by atoms with Crippen LogP contribution >= 0.6 is 11.3 Å². The molecule has 0 bridgehead atoms. The Kier molecular flexibility index (Phi) is 7.64. The van der Waals surface area contributed by atoms with Crippen LogP contribution in [0.2, 0.25) is 0 Å². The van der Waals surface area contributed by atoms with E-state index in [1.54, 1.807) is 0 Å². The minimum atomic E-state index is 0.598. The first-order chi connectivity index (χ1) is 27.7. The summed E-state index contributed by atoms with van der Waals surface area (Å²) in [4.78, 5) is 15.2. The molecule has 4 nitrogen and oxygen atoms in total. The number of hydrogen-bond acceptors (Lipinski definition) is 5. The highest BCUT2D eigenvalue weighted by Crippen LogP contribution is 2.43. The molecule has 0 aliphatic heterocycles. The fraction of sp³-hybridized carbons (Fsp3) is 0. The third kappa shape index (κ3) is 5.56. The largest absolute Gasteiger partial charge is 0.456 e. The van der Waals surface area contributed by atoms with Crippen molar-refractivity contribution in [2.45, 2.75) is 0 Å². The highest BCUT2D eigenvalue weighted by molar-refractivity contribution is 7.26. The summed E-state index contributed by atoms with van der Waals surface area (Å²) in [5.41, 5.74) is 11.4. The number of nitrogens with zero attached hydrogens (tertiary/aromatic N) is 3. The molecule has 262 valence electrons. The molecule has 3 aromatic heterocycles. The van der Waals surface area contributed by atoms with Crippen LogP contribution in [0.1, 0.15) is 0 Å². The normalized spacial score (nSPS) is 11.6. The summed E-state index contributed by atoms with van der Waals surface area (Å²) in [5, 5.41) is 4.57. The molecule has 0 spiro atoms. The zero-order valence-electron chi connectivity index (χ0n) is 30.1. The summed E-state index contributed by atoms with van der Waals surface area (Å²) in [6.07, 6.45) is 0. The number of hydrogen-bond donors (Lipinski definition) is 0. The van der Waals surface area contributed by atoms with Crippen molar-refractivity contribution >= 4 is 53.4 Å². The van der Waals surface area contributed by atoms with Crippen LogP contribution in [0.15, 0.2) is 192 Å². The van der Waals surface area contributed by atoms with Gasteiger partial charge in [-0.1, -0.05) is 164 Å². The van der Waals surface area contributed by atoms with E-state index in [0.717, 1.165) is 55.3 Å². The van der Waals surface area contributed by atoms with Crippen LogP contribution in [0.4, 0.5) is 0 Å². The number of thiophene rings is 1. The van der Waals surface area contributed by atoms with Crippen LogP contribution in [0.5, 0.6) is 0 Å². The first-order valence-corrected chi connectivity index (χ1v) is 19.5. The number of fused-ring (bicyclic) bond motifs is 6. The molecule has 11 aromatic rings. The Balaban J connectivity index is 1.04. The molecule has 0 aliphatic rings. The zero-order valence-corrected chi connectivity index (χ0v) is 30.9. The second-order valence-electron chi connectivity index (χ2n) is 14.0. The Labute approximate surface area is 327 Å². The predicted molar refractivity (Wildman–Crippen MR) is 233 cm³/mol. The molecule has 11 rings (SSSR count). The predicted octanol–water partition coefficient (Wildman–Crippen LogP) is 14.1. The monoisotopic (exact) mass is 733 g/mol. The summed E-state index contributed by atoms with van der Waals surface area (Å²) >= 11 is 1.86. The van der Waals surface area contributed by atoms with Gasteiger partial charge in [-0.15, -0.1) is 11.3 Å². The Morgan fingerprint density at radius 3 is 1.64 bits per heavy atom. The van der Waals surface area contributed by atoms with Gasteiger partial charge in [0.1, 0.15) is 11.2 Å². The van der Waals surface area contributed by atoms with Crippen LogP contribution in [-0.4, -0.2) is 15.0 Å². The van der Waals surface area contributed by atoms with Crippen molar-refractivity contribution < 1.29 is 4.42 Å². The second-order valence-corrected chi connectivity index (χ2v) is 15.0. The highest BCUT2D eigenvalue weighted by Gasteiger charge is 2.19. The fourth-order valence-corrected chi connectivity index (χ4v) is 9.08. The molecule has 5 heteroatoms. The molecule has 0 saturated heterocycles. The molecule has 0 fully saturated rings. The lowest BCUT2D eigenvalue weighted by Crippen LogP contribution is -2.00. The minimum Gasteiger partial charge on any atom is -0.456 e. The maximum atomic E-state index is 6.49. The van der Waals surface area contributed by atoms with E-state index in [2.05, 4.69) is 140 Å². The molecule has 0 atom stereocenters. The van der Waals surface area contributed by atoms with E-state index in [9.17, 15) is 0 Å². The molecular weight excluding hydrogens is 703 g/mol. The Bertz CT molecular complexity index is 3230. The van der Waals surface area contributed by atoms with Crippen molar-refractivity contribution in [3.63, 3.8) is 0 Å². The van der Waals surface area contributed by atoms with Crippen molar-refractivity contribution in [1.82, 2.24) is 15.0 Å². The topological polar surface area (TPSA) is 51.8 Å². The van der Waals surface area contributed by atoms with Crippen molar-refractivity contribution in [3.8, 4) is 67.5 Å². The number of rotatable bonds is 6. The molecule has 0 radical (unpaired) electrons. The van der Waals surface area contributed by atoms with Gasteiger partial charge >= 0.3 is 0 Å². The van der Waals surface area contributed by atoms with Gasteiger partial charge in [-0.3, -0.25) is 0 Å². The van der Waals surface area contributed by atoms with Gasteiger partial charge in [-0.25, -0.2) is 15.0 Å². The molecule has 0 unspecified atom stereocenters. The molecule has 56 heavy (non-hydrogen) atoms. The van der Waals surface area contributed by atoms with Gasteiger partial charge < -0.3 is 4.42 Å². The summed E-state index contributed by atoms with van der Waals surface area (Å²) in [6, 6.07) is 65.6. The van der Waals surface area contributed by atoms with Gasteiger partial charge in [0.2, 0.25) is 0 Å². The van der Waals surface area contributed by atoms with Crippen molar-refractivity contribution in [2.24, 2.45) is 0 Å². The smallest absolute Gasteiger partial charge is 0.164 e. The number of furan rings is 1. The summed E-state index contributed by atoms with van der Waals surface area (Å²) in [6.45, 7) is 0. The van der Waals surface area contributed by atoms with E-state index in [1.165, 1.54) is 36.9 Å². The van der Waals surface area contributed by atoms with Crippen molar-refractivity contribution in [1.29, 1.82) is 0 Å². The molecule has 0 aliphatic carbocycles. The van der Waals surface area contributed by atoms with E-state index in [0.29, 0.717) is 17.5 Å². The first-order valence-electron chi connectivity index (χ1n) is 18.7. The molecule has 3 heterocycles. The average molecular weight is 734 g/mol. The van der Waals surface area contributed by atoms with Crippen molar-refractivity contribution in [3.05, 3.63) is 188 Å². The van der Waals surface area contributed by atoms with E-state index in [1.807, 2.05) is 59.9 Å². The van der Waals surface area contributed by atoms with E-state index >= 15 is 0 Å². The van der Waals surface area contributed by atoms with Gasteiger partial charge in [0, 0.05) is 47.6 Å². The van der Waals surface area contributed by atoms with Gasteiger partial charge in [-0.2, -0.15) is 0 Å². The fourth-order valence-electron chi connectivity index (χ4n) is 7.80. The summed E-state index contributed by atoms with van der Waals surface area (Å²) in [5.74, 6) is 1.84. The molecule has 0 N–H and O–H groups in total. The lowest BCUT2D eigenvalue weighted by molar-refractivity contribution is 0.669. The van der Waals surface area contributed by atoms with Crippen LogP contribution in [0.25, 0.3) is 110 Å². The maximum absolute atomic E-state index is 6.49. The van der Waals surface area contributed by atoms with E-state index < -0.39 is 0 Å². The molecule has 0 amide bonds. The summed E-state index contributed by atoms with van der Waals surface area (Å²) < 4.78 is 9.06. The zero-order chi connectivity index (χ0) is 37.0. The van der Waals surface area contributed by atoms with Crippen LogP contribution in [0.3, 0.4) is 0 Å². The maximum Gasteiger partial charge on any atom is 0.164 e. The average Bonchev–Trinajstić information content (AvgIpc) is 3.85. The minimum absolute atomic E-state index is 0.598. The van der Waals surface area contributed by atoms with Crippen LogP contribution in [-0.2, 0) is 0 Å². The van der Waals surface area contributed by atoms with E-state index in [-0.39, 0.29) is 0 Å². The summed E-state index contributed by atoms with van der Waals surface area (Å²) in [7, 11) is 0. The standard InChI is InChI=1S/C51H31N3OS/c1-4-12-32(13-5-1)33-22-24-36(25-23-33)50-52-49(35-16-8-3-9-17-35)53-51(54-50)42-20-11-21-45-47(42)43-30-37(27-29-44(43)55-45)38-26-28-40-41-19-10-18-39(34-14-6-2-7-15-34)48(41)56-46(40)31-38/h1-31H. The third-order valence-electron chi connectivity index (χ3n) is 10.6. The highest BCUT2D eigenvalue weighted by atomic mass is 32.1. The molecule has 8 aromatic carbocycles. The Morgan fingerprint density at radius 1 is 0.339 bits per heavy atom. The number of aromatic nitrogens is 3. The van der Waals surface area contributed by atoms with Crippen molar-refractivity contribution in [2.75, 3.05) is 0 Å². The molecule has 0 saturated carbocycles. The van der Waals surface area contributed by atoms with Gasteiger partial charge in [-0.05, 0) is 57.6 Å². The molecular formula is C51H31N3OS.